The minimum absolute atomic E-state index is 0.0380. The first-order chi connectivity index (χ1) is 49.1. The van der Waals surface area contributed by atoms with E-state index in [0.717, 1.165) is 13.0 Å². The fraction of sp³-hybridized carbons (Fsp3) is 0.776. The van der Waals surface area contributed by atoms with Crippen LogP contribution in [0.15, 0.2) is 61.3 Å². The predicted octanol–water partition coefficient (Wildman–Crippen LogP) is 15.7. The second-order valence-corrected chi connectivity index (χ2v) is 27.9. The molecular formula is C67H87F27O16. The van der Waals surface area contributed by atoms with Gasteiger partial charge >= 0.3 is 72.8 Å². The molecule has 16 atom stereocenters. The van der Waals surface area contributed by atoms with E-state index < -0.39 is 191 Å². The van der Waals surface area contributed by atoms with Crippen LogP contribution in [-0.4, -0.2) is 189 Å². The maximum absolute atomic E-state index is 13.2. The topological polar surface area (TPSA) is 253 Å². The number of fused-ring (bicyclic) bond motifs is 8. The Bertz CT molecular complexity index is 3020. The van der Waals surface area contributed by atoms with E-state index in [4.69, 9.17) is 5.11 Å². The van der Waals surface area contributed by atoms with Crippen molar-refractivity contribution in [1.29, 1.82) is 0 Å². The van der Waals surface area contributed by atoms with Gasteiger partial charge in [0.1, 0.15) is 6.10 Å². The Morgan fingerprint density at radius 2 is 0.673 bits per heavy atom. The lowest BCUT2D eigenvalue weighted by Gasteiger charge is -2.47. The van der Waals surface area contributed by atoms with Gasteiger partial charge in [0, 0.05) is 87.5 Å². The van der Waals surface area contributed by atoms with Crippen LogP contribution in [0.3, 0.4) is 0 Å². The van der Waals surface area contributed by atoms with Crippen LogP contribution in [0, 0.1) is 59.2 Å². The Morgan fingerprint density at radius 3 is 0.827 bits per heavy atom. The minimum atomic E-state index is -6.29. The Labute approximate surface area is 612 Å². The van der Waals surface area contributed by atoms with Crippen LogP contribution >= 0.6 is 0 Å². The Hall–Kier alpha value is -6.08. The lowest BCUT2D eigenvalue weighted by atomic mass is 9.66. The van der Waals surface area contributed by atoms with Crippen molar-refractivity contribution in [2.24, 2.45) is 59.2 Å². The van der Waals surface area contributed by atoms with Crippen LogP contribution in [0.25, 0.3) is 0 Å². The molecule has 8 bridgehead atoms. The highest BCUT2D eigenvalue weighted by Crippen LogP contribution is 2.68. The number of carbonyl (C=O) groups is 5. The first-order valence-electron chi connectivity index (χ1n) is 32.9. The molecule has 110 heavy (non-hydrogen) atoms. The van der Waals surface area contributed by atoms with Crippen LogP contribution in [0.2, 0.25) is 0 Å². The Kier molecular flexibility index (Phi) is 33.5. The molecule has 0 radical (unpaired) electrons. The van der Waals surface area contributed by atoms with Gasteiger partial charge < -0.3 is 54.3 Å². The van der Waals surface area contributed by atoms with Crippen molar-refractivity contribution in [3.8, 4) is 0 Å². The molecule has 0 spiro atoms. The van der Waals surface area contributed by atoms with Gasteiger partial charge in [-0.15, -0.1) is 0 Å². The maximum Gasteiger partial charge on any atom is 0.426 e. The highest BCUT2D eigenvalue weighted by Gasteiger charge is 2.83. The van der Waals surface area contributed by atoms with Crippen molar-refractivity contribution >= 4 is 29.8 Å². The van der Waals surface area contributed by atoms with Gasteiger partial charge in [-0.25, -0.2) is 54.7 Å². The molecule has 9 fully saturated rings. The molecule has 0 aromatic heterocycles. The van der Waals surface area contributed by atoms with Gasteiger partial charge in [-0.1, -0.05) is 32.9 Å². The lowest BCUT2D eigenvalue weighted by molar-refractivity contribution is -0.391. The monoisotopic (exact) mass is 1660 g/mol. The molecule has 0 saturated heterocycles. The second kappa shape index (κ2) is 36.2. The molecule has 9 aliphatic carbocycles. The second-order valence-electron chi connectivity index (χ2n) is 27.9. The van der Waals surface area contributed by atoms with Crippen LogP contribution in [-0.2, 0) is 47.7 Å². The van der Waals surface area contributed by atoms with Gasteiger partial charge in [0.15, 0.2) is 5.60 Å². The molecule has 16 unspecified atom stereocenters. The van der Waals surface area contributed by atoms with Crippen LogP contribution < -0.4 is 0 Å². The smallest absolute Gasteiger partial charge is 0.426 e. The van der Waals surface area contributed by atoms with Crippen LogP contribution in [0.1, 0.15) is 138 Å². The number of ether oxygens (including phenoxy) is 5. The highest BCUT2D eigenvalue weighted by atomic mass is 19.4. The van der Waals surface area contributed by atoms with Gasteiger partial charge in [0.05, 0.1) is 27.9 Å². The third-order valence-electron chi connectivity index (χ3n) is 20.6. The number of methoxy groups -OCH3 is 3. The third kappa shape index (κ3) is 20.9. The van der Waals surface area contributed by atoms with E-state index in [1.807, 2.05) is 0 Å². The summed E-state index contributed by atoms with van der Waals surface area (Å²) in [6, 6.07) is 0. The molecule has 640 valence electrons. The molecule has 0 amide bonds. The standard InChI is InChI=1S/C16H19F9O4.3C8H9F5O.C7H9F3O.C6H10O2.2C5H8O2.C4H6O2/c1-7(2)11(26)29-10-5-8(12(3,27)14(17,18)19)4-9(6-10)13(28,15(20,21)22)16(23,24)25;3*9-7(10)5-2-1-4(3-5)6(7,14)8(11,12)13;8-6(9)4-1-2-5(3-4)7(6,10)11;1-4-8-6(7)5(2)3;2*1-4(2)5(6)7-3;1-3-4(5)6-2/h8-10,27-28H,1,4-6H2,2-3H3;3*4-5,14H,1-3H2;4-5,11H,1-3H2;2,4H2,1,3H3;2*1H2,2-3H3;3H,1H2,2H3. The fourth-order valence-electron chi connectivity index (χ4n) is 14.3. The van der Waals surface area contributed by atoms with E-state index in [0.29, 0.717) is 36.2 Å². The number of halogens is 27. The number of hydrogen-bond donors (Lipinski definition) is 6. The number of alkyl halides is 27. The Balaban J connectivity index is 0.000000650. The Morgan fingerprint density at radius 1 is 0.400 bits per heavy atom. The van der Waals surface area contributed by atoms with E-state index >= 15 is 0 Å². The summed E-state index contributed by atoms with van der Waals surface area (Å²) < 4.78 is 370. The average molecular weight is 1660 g/mol. The largest absolute Gasteiger partial charge is 0.466 e. The molecule has 6 N–H and O–H groups in total. The van der Waals surface area contributed by atoms with Crippen LogP contribution in [0.5, 0.6) is 0 Å². The average Bonchev–Trinajstić information content (AvgIpc) is 1.53. The summed E-state index contributed by atoms with van der Waals surface area (Å²) in [6.45, 7) is 24.7. The first kappa shape index (κ1) is 102. The zero-order valence-corrected chi connectivity index (χ0v) is 60.2. The lowest BCUT2D eigenvalue weighted by Crippen LogP contribution is -2.64. The SMILES string of the molecule is C=C(C)C(=O)OC.C=C(C)C(=O)OC.C=C(C)C(=O)OC1CC(C(C)(O)C(F)(F)F)CC(C(O)(C(F)(F)F)C(F)(F)F)C1.C=C(C)C(=O)OCC.C=CC(=O)OC.OC1(C(F)(F)F)C2CCC(C2)C1(F)F.OC1(C(F)(F)F)C2CCC(C2)C1(F)F.OC1(C(F)(F)F)C2CCC(C2)C1(F)F.OC1(F)C2CCC(C2)C1(F)F. The molecule has 0 aromatic rings. The maximum atomic E-state index is 13.2. The van der Waals surface area contributed by atoms with Gasteiger partial charge in [0.25, 0.3) is 29.2 Å². The molecule has 0 aromatic carbocycles. The third-order valence-corrected chi connectivity index (χ3v) is 20.6. The normalized spacial score (nSPS) is 31.8. The molecule has 9 aliphatic rings. The number of hydrogen-bond acceptors (Lipinski definition) is 16. The summed E-state index contributed by atoms with van der Waals surface area (Å²) >= 11 is 0. The molecule has 9 rings (SSSR count). The van der Waals surface area contributed by atoms with Gasteiger partial charge in [-0.05, 0) is 138 Å². The summed E-state index contributed by atoms with van der Waals surface area (Å²) in [5.74, 6) is -36.2. The zero-order chi connectivity index (χ0) is 87.1. The van der Waals surface area contributed by atoms with Crippen molar-refractivity contribution in [3.63, 3.8) is 0 Å². The first-order valence-corrected chi connectivity index (χ1v) is 32.9. The van der Waals surface area contributed by atoms with Crippen molar-refractivity contribution in [3.05, 3.63) is 61.3 Å². The number of carbonyl (C=O) groups excluding carboxylic acids is 5. The van der Waals surface area contributed by atoms with Crippen molar-refractivity contribution in [2.75, 3.05) is 27.9 Å². The highest BCUT2D eigenvalue weighted by molar-refractivity contribution is 5.88. The van der Waals surface area contributed by atoms with Crippen molar-refractivity contribution < 1.29 is 197 Å². The van der Waals surface area contributed by atoms with Gasteiger partial charge in [-0.2, -0.15) is 87.8 Å². The van der Waals surface area contributed by atoms with Gasteiger partial charge in [-0.3, -0.25) is 0 Å². The summed E-state index contributed by atoms with van der Waals surface area (Å²) in [5, 5.41) is 55.7. The van der Waals surface area contributed by atoms with E-state index in [1.54, 1.807) is 27.7 Å². The molecule has 0 heterocycles. The van der Waals surface area contributed by atoms with Crippen molar-refractivity contribution in [1.82, 2.24) is 0 Å². The number of esters is 5. The van der Waals surface area contributed by atoms with Gasteiger partial charge in [0.2, 0.25) is 16.8 Å². The summed E-state index contributed by atoms with van der Waals surface area (Å²) in [7, 11) is 3.97. The number of aliphatic hydroxyl groups is 6. The number of rotatable bonds is 9. The molecule has 43 heteroatoms. The van der Waals surface area contributed by atoms with E-state index in [9.17, 15) is 168 Å². The van der Waals surface area contributed by atoms with Crippen molar-refractivity contribution in [2.45, 2.75) is 239 Å². The fourth-order valence-corrected chi connectivity index (χ4v) is 14.3. The minimum Gasteiger partial charge on any atom is -0.466 e. The molecule has 16 nitrogen and oxygen atoms in total. The predicted molar refractivity (Wildman–Crippen MR) is 329 cm³/mol. The van der Waals surface area contributed by atoms with E-state index in [2.05, 4.69) is 56.6 Å². The van der Waals surface area contributed by atoms with E-state index in [-0.39, 0.29) is 94.6 Å². The molecular weight excluding hydrogens is 1570 g/mol. The molecule has 0 aliphatic heterocycles. The van der Waals surface area contributed by atoms with E-state index in [1.165, 1.54) is 21.3 Å². The zero-order valence-electron chi connectivity index (χ0n) is 60.2. The summed E-state index contributed by atoms with van der Waals surface area (Å²) in [4.78, 5) is 52.2. The summed E-state index contributed by atoms with van der Waals surface area (Å²) in [5.41, 5.74) is -19.4. The molecule has 9 saturated carbocycles. The van der Waals surface area contributed by atoms with Crippen LogP contribution in [0.4, 0.5) is 119 Å². The quantitative estimate of drug-likeness (QED) is 0.0543. The summed E-state index contributed by atoms with van der Waals surface area (Å²) in [6.07, 6.45) is -37.4.